The lowest BCUT2D eigenvalue weighted by Gasteiger charge is -2.15. The molecule has 4 aromatic rings. The topological polar surface area (TPSA) is 94.5 Å². The molecule has 0 spiro atoms. The van der Waals surface area contributed by atoms with Crippen molar-refractivity contribution in [2.24, 2.45) is 0 Å². The van der Waals surface area contributed by atoms with Crippen LogP contribution in [0.1, 0.15) is 27.0 Å². The van der Waals surface area contributed by atoms with Crippen LogP contribution in [0.5, 0.6) is 11.5 Å². The molecule has 1 heterocycles. The monoisotopic (exact) mass is 498 g/mol. The van der Waals surface area contributed by atoms with Gasteiger partial charge in [0.15, 0.2) is 11.4 Å². The molecular weight excluding hydrogens is 468 g/mol. The molecule has 37 heavy (non-hydrogen) atoms. The van der Waals surface area contributed by atoms with Gasteiger partial charge in [-0.3, -0.25) is 9.59 Å². The third kappa shape index (κ3) is 6.23. The minimum absolute atomic E-state index is 0.200. The summed E-state index contributed by atoms with van der Waals surface area (Å²) in [5.74, 6) is 0.623. The van der Waals surface area contributed by atoms with Gasteiger partial charge in [0.05, 0.1) is 18.5 Å². The quantitative estimate of drug-likeness (QED) is 0.313. The normalized spacial score (nSPS) is 10.7. The second-order valence-electron chi connectivity index (χ2n) is 8.74. The summed E-state index contributed by atoms with van der Waals surface area (Å²) in [7, 11) is 1.58. The molecule has 2 N–H and O–H groups in total. The third-order valence-electron chi connectivity index (χ3n) is 5.91. The Labute approximate surface area is 215 Å². The van der Waals surface area contributed by atoms with Crippen LogP contribution in [-0.4, -0.2) is 35.9 Å². The lowest BCUT2D eigenvalue weighted by Crippen LogP contribution is -2.27. The molecule has 4 rings (SSSR count). The third-order valence-corrected chi connectivity index (χ3v) is 5.91. The number of aromatic nitrogens is 2. The highest BCUT2D eigenvalue weighted by Crippen LogP contribution is 2.30. The maximum Gasteiger partial charge on any atom is 0.299 e. The standard InChI is InChI=1S/C29H30N4O4/c1-19-8-11-24(12-9-19)33-29(35)27(26(18-31-33)37-25-13-10-20(2)21(3)16-25)32-23-7-5-6-22(17-23)28(34)30-14-15-36-4/h5-13,16-18,32H,14-15H2,1-4H3,(H,30,34). The van der Waals surface area contributed by atoms with E-state index < -0.39 is 0 Å². The van der Waals surface area contributed by atoms with Crippen LogP contribution in [0, 0.1) is 20.8 Å². The first-order chi connectivity index (χ1) is 17.9. The maximum absolute atomic E-state index is 13.6. The molecule has 3 aromatic carbocycles. The van der Waals surface area contributed by atoms with Crippen LogP contribution in [0.4, 0.5) is 11.4 Å². The van der Waals surface area contributed by atoms with Crippen molar-refractivity contribution >= 4 is 17.3 Å². The average Bonchev–Trinajstić information content (AvgIpc) is 2.89. The largest absolute Gasteiger partial charge is 0.453 e. The molecule has 0 aliphatic heterocycles. The van der Waals surface area contributed by atoms with Crippen LogP contribution in [-0.2, 0) is 4.74 Å². The number of nitrogens with one attached hydrogen (secondary N) is 2. The second-order valence-corrected chi connectivity index (χ2v) is 8.74. The van der Waals surface area contributed by atoms with Gasteiger partial charge in [-0.2, -0.15) is 9.78 Å². The van der Waals surface area contributed by atoms with E-state index in [0.29, 0.717) is 35.8 Å². The number of methoxy groups -OCH3 is 1. The van der Waals surface area contributed by atoms with Crippen molar-refractivity contribution in [1.82, 2.24) is 15.1 Å². The van der Waals surface area contributed by atoms with Crippen LogP contribution < -0.4 is 20.9 Å². The molecule has 8 nitrogen and oxygen atoms in total. The fraction of sp³-hybridized carbons (Fsp3) is 0.207. The Morgan fingerprint density at radius 1 is 0.973 bits per heavy atom. The van der Waals surface area contributed by atoms with Gasteiger partial charge >= 0.3 is 0 Å². The van der Waals surface area contributed by atoms with Crippen LogP contribution in [0.2, 0.25) is 0 Å². The molecule has 0 saturated heterocycles. The second kappa shape index (κ2) is 11.5. The van der Waals surface area contributed by atoms with E-state index in [1.165, 1.54) is 10.9 Å². The van der Waals surface area contributed by atoms with Gasteiger partial charge in [-0.15, -0.1) is 0 Å². The molecule has 0 aliphatic carbocycles. The summed E-state index contributed by atoms with van der Waals surface area (Å²) in [5.41, 5.74) is 4.73. The predicted octanol–water partition coefficient (Wildman–Crippen LogP) is 5.07. The number of amides is 1. The Kier molecular flexibility index (Phi) is 8.00. The molecule has 0 unspecified atom stereocenters. The van der Waals surface area contributed by atoms with Gasteiger partial charge in [-0.25, -0.2) is 0 Å². The Morgan fingerprint density at radius 2 is 1.76 bits per heavy atom. The van der Waals surface area contributed by atoms with Gasteiger partial charge in [0, 0.05) is 24.9 Å². The number of rotatable bonds is 9. The van der Waals surface area contributed by atoms with Gasteiger partial charge < -0.3 is 20.1 Å². The first-order valence-electron chi connectivity index (χ1n) is 11.9. The number of hydrogen-bond donors (Lipinski definition) is 2. The molecule has 1 amide bonds. The highest BCUT2D eigenvalue weighted by Gasteiger charge is 2.16. The molecular formula is C29H30N4O4. The first kappa shape index (κ1) is 25.7. The van der Waals surface area contributed by atoms with Crippen molar-refractivity contribution in [1.29, 1.82) is 0 Å². The number of aryl methyl sites for hydroxylation is 3. The minimum Gasteiger partial charge on any atom is -0.453 e. The van der Waals surface area contributed by atoms with Crippen LogP contribution >= 0.6 is 0 Å². The van der Waals surface area contributed by atoms with Gasteiger partial charge in [-0.05, 0) is 74.4 Å². The lowest BCUT2D eigenvalue weighted by molar-refractivity contribution is 0.0937. The number of carbonyl (C=O) groups excluding carboxylic acids is 1. The van der Waals surface area contributed by atoms with E-state index in [4.69, 9.17) is 9.47 Å². The number of carbonyl (C=O) groups is 1. The van der Waals surface area contributed by atoms with E-state index in [0.717, 1.165) is 16.7 Å². The van der Waals surface area contributed by atoms with Gasteiger partial charge in [0.25, 0.3) is 11.5 Å². The van der Waals surface area contributed by atoms with Crippen molar-refractivity contribution in [2.45, 2.75) is 20.8 Å². The maximum atomic E-state index is 13.6. The van der Waals surface area contributed by atoms with Crippen molar-refractivity contribution in [3.63, 3.8) is 0 Å². The zero-order valence-corrected chi connectivity index (χ0v) is 21.4. The summed E-state index contributed by atoms with van der Waals surface area (Å²) in [5, 5.41) is 10.3. The number of nitrogens with zero attached hydrogens (tertiary/aromatic N) is 2. The summed E-state index contributed by atoms with van der Waals surface area (Å²) in [6.07, 6.45) is 1.51. The Balaban J connectivity index is 1.72. The fourth-order valence-electron chi connectivity index (χ4n) is 3.66. The smallest absolute Gasteiger partial charge is 0.299 e. The summed E-state index contributed by atoms with van der Waals surface area (Å²) < 4.78 is 12.4. The van der Waals surface area contributed by atoms with E-state index >= 15 is 0 Å². The molecule has 8 heteroatoms. The molecule has 190 valence electrons. The summed E-state index contributed by atoms with van der Waals surface area (Å²) in [4.78, 5) is 26.2. The number of hydrogen-bond acceptors (Lipinski definition) is 6. The van der Waals surface area contributed by atoms with E-state index in [-0.39, 0.29) is 22.9 Å². The molecule has 0 atom stereocenters. The average molecular weight is 499 g/mol. The van der Waals surface area contributed by atoms with Crippen molar-refractivity contribution in [3.8, 4) is 17.2 Å². The summed E-state index contributed by atoms with van der Waals surface area (Å²) in [6, 6.07) is 20.1. The van der Waals surface area contributed by atoms with Crippen LogP contribution in [0.3, 0.4) is 0 Å². The van der Waals surface area contributed by atoms with Crippen molar-refractivity contribution < 1.29 is 14.3 Å². The highest BCUT2D eigenvalue weighted by molar-refractivity contribution is 5.95. The Bertz CT molecular complexity index is 1460. The van der Waals surface area contributed by atoms with Crippen molar-refractivity contribution in [2.75, 3.05) is 25.6 Å². The van der Waals surface area contributed by atoms with E-state index in [2.05, 4.69) is 15.7 Å². The number of anilines is 2. The van der Waals surface area contributed by atoms with Crippen molar-refractivity contribution in [3.05, 3.63) is 106 Å². The van der Waals surface area contributed by atoms with Crippen LogP contribution in [0.25, 0.3) is 5.69 Å². The lowest BCUT2D eigenvalue weighted by atomic mass is 10.1. The predicted molar refractivity (Wildman–Crippen MR) is 144 cm³/mol. The highest BCUT2D eigenvalue weighted by atomic mass is 16.5. The molecule has 0 bridgehead atoms. The molecule has 1 aromatic heterocycles. The summed E-state index contributed by atoms with van der Waals surface area (Å²) in [6.45, 7) is 6.81. The molecule has 0 fully saturated rings. The Hall–Kier alpha value is -4.43. The fourth-order valence-corrected chi connectivity index (χ4v) is 3.66. The minimum atomic E-state index is -0.389. The zero-order chi connectivity index (χ0) is 26.4. The first-order valence-corrected chi connectivity index (χ1v) is 11.9. The van der Waals surface area contributed by atoms with Crippen LogP contribution in [0.15, 0.2) is 77.7 Å². The summed E-state index contributed by atoms with van der Waals surface area (Å²) >= 11 is 0. The SMILES string of the molecule is COCCNC(=O)c1cccc(Nc2c(Oc3ccc(C)c(C)c3)cnn(-c3ccc(C)cc3)c2=O)c1. The van der Waals surface area contributed by atoms with E-state index in [9.17, 15) is 9.59 Å². The van der Waals surface area contributed by atoms with Gasteiger partial charge in [-0.1, -0.05) is 29.8 Å². The molecule has 0 saturated carbocycles. The van der Waals surface area contributed by atoms with E-state index in [1.54, 1.807) is 31.4 Å². The number of ether oxygens (including phenoxy) is 2. The van der Waals surface area contributed by atoms with Gasteiger partial charge in [0.2, 0.25) is 0 Å². The molecule has 0 radical (unpaired) electrons. The van der Waals surface area contributed by atoms with Gasteiger partial charge in [0.1, 0.15) is 5.75 Å². The van der Waals surface area contributed by atoms with E-state index in [1.807, 2.05) is 63.2 Å². The molecule has 0 aliphatic rings. The Morgan fingerprint density at radius 3 is 2.49 bits per heavy atom. The number of benzene rings is 3. The zero-order valence-electron chi connectivity index (χ0n) is 21.4.